The van der Waals surface area contributed by atoms with Gasteiger partial charge in [-0.2, -0.15) is 4.31 Å². The number of aryl methyl sites for hydroxylation is 1. The van der Waals surface area contributed by atoms with Gasteiger partial charge in [-0.15, -0.1) is 0 Å². The van der Waals surface area contributed by atoms with Crippen LogP contribution in [0.4, 0.5) is 11.4 Å². The third-order valence-electron chi connectivity index (χ3n) is 5.25. The van der Waals surface area contributed by atoms with Gasteiger partial charge in [0, 0.05) is 31.0 Å². The fourth-order valence-corrected chi connectivity index (χ4v) is 5.38. The largest absolute Gasteiger partial charge is 0.376 e. The summed E-state index contributed by atoms with van der Waals surface area (Å²) in [6, 6.07) is 14.8. The molecule has 6 nitrogen and oxygen atoms in total. The Kier molecular flexibility index (Phi) is 6.92. The Morgan fingerprint density at radius 2 is 1.76 bits per heavy atom. The topological polar surface area (TPSA) is 69.7 Å². The Balaban J connectivity index is 1.73. The number of likely N-dealkylation sites (N-methyl/N-ethyl adjacent to an activating group) is 1. The molecule has 0 radical (unpaired) electrons. The number of carbonyl (C=O) groups is 1. The number of amides is 1. The first-order valence-corrected chi connectivity index (χ1v) is 11.6. The molecule has 3 rings (SSSR count). The number of nitrogens with one attached hydrogen (secondary N) is 1. The normalized spacial score (nSPS) is 15.1. The molecule has 0 aliphatic carbocycles. The number of sulfonamides is 1. The number of anilines is 2. The summed E-state index contributed by atoms with van der Waals surface area (Å²) in [4.78, 5) is 14.7. The van der Waals surface area contributed by atoms with Crippen LogP contribution < -0.4 is 10.2 Å². The molecule has 1 fully saturated rings. The Morgan fingerprint density at radius 1 is 1.07 bits per heavy atom. The molecule has 7 heteroatoms. The first kappa shape index (κ1) is 21.3. The van der Waals surface area contributed by atoms with E-state index < -0.39 is 10.0 Å². The minimum absolute atomic E-state index is 0.0697. The second-order valence-corrected chi connectivity index (χ2v) is 9.18. The first-order chi connectivity index (χ1) is 13.9. The van der Waals surface area contributed by atoms with Gasteiger partial charge in [0.25, 0.3) is 0 Å². The third kappa shape index (κ3) is 4.97. The number of hydrogen-bond acceptors (Lipinski definition) is 4. The standard InChI is InChI=1S/C22H29N3O3S/c1-3-25(20-10-6-4-7-11-20)22(26)17-23-19-13-12-18(2)21(16-19)29(27,28)24-14-8-5-9-15-24/h4,6-7,10-13,16,23H,3,5,8-9,14-15,17H2,1-2H3. The van der Waals surface area contributed by atoms with Gasteiger partial charge in [0.15, 0.2) is 0 Å². The second kappa shape index (κ2) is 9.41. The molecule has 1 saturated heterocycles. The Morgan fingerprint density at radius 3 is 2.41 bits per heavy atom. The maximum absolute atomic E-state index is 13.1. The smallest absolute Gasteiger partial charge is 0.246 e. The highest BCUT2D eigenvalue weighted by Crippen LogP contribution is 2.26. The molecule has 1 heterocycles. The van der Waals surface area contributed by atoms with Crippen molar-refractivity contribution in [2.24, 2.45) is 0 Å². The lowest BCUT2D eigenvalue weighted by Gasteiger charge is -2.27. The summed E-state index contributed by atoms with van der Waals surface area (Å²) >= 11 is 0. The molecule has 156 valence electrons. The fourth-order valence-electron chi connectivity index (χ4n) is 3.62. The van der Waals surface area contributed by atoms with Gasteiger partial charge in [-0.3, -0.25) is 4.79 Å². The van der Waals surface area contributed by atoms with E-state index in [4.69, 9.17) is 0 Å². The molecule has 1 aliphatic rings. The molecule has 0 atom stereocenters. The average molecular weight is 416 g/mol. The van der Waals surface area contributed by atoms with Crippen LogP contribution in [0.15, 0.2) is 53.4 Å². The van der Waals surface area contributed by atoms with Crippen molar-refractivity contribution in [3.63, 3.8) is 0 Å². The Labute approximate surface area is 173 Å². The maximum Gasteiger partial charge on any atom is 0.246 e. The van der Waals surface area contributed by atoms with E-state index in [0.29, 0.717) is 35.8 Å². The van der Waals surface area contributed by atoms with Crippen molar-refractivity contribution in [3.8, 4) is 0 Å². The monoisotopic (exact) mass is 415 g/mol. The molecule has 2 aromatic carbocycles. The van der Waals surface area contributed by atoms with Crippen molar-refractivity contribution in [1.82, 2.24) is 4.31 Å². The summed E-state index contributed by atoms with van der Waals surface area (Å²) in [5.74, 6) is -0.0697. The summed E-state index contributed by atoms with van der Waals surface area (Å²) in [6.45, 7) is 5.53. The molecule has 1 aliphatic heterocycles. The molecule has 29 heavy (non-hydrogen) atoms. The number of para-hydroxylation sites is 1. The highest BCUT2D eigenvalue weighted by Gasteiger charge is 2.27. The molecule has 2 aromatic rings. The van der Waals surface area contributed by atoms with Crippen LogP contribution in [0.2, 0.25) is 0 Å². The van der Waals surface area contributed by atoms with E-state index in [0.717, 1.165) is 24.9 Å². The Hall–Kier alpha value is -2.38. The number of piperidine rings is 1. The lowest BCUT2D eigenvalue weighted by Crippen LogP contribution is -2.36. The number of hydrogen-bond donors (Lipinski definition) is 1. The zero-order valence-corrected chi connectivity index (χ0v) is 17.9. The van der Waals surface area contributed by atoms with Crippen molar-refractivity contribution in [3.05, 3.63) is 54.1 Å². The fraction of sp³-hybridized carbons (Fsp3) is 0.409. The minimum atomic E-state index is -3.52. The van der Waals surface area contributed by atoms with E-state index >= 15 is 0 Å². The Bertz CT molecular complexity index is 939. The summed E-state index contributed by atoms with van der Waals surface area (Å²) in [5, 5.41) is 3.10. The van der Waals surface area contributed by atoms with Gasteiger partial charge >= 0.3 is 0 Å². The summed E-state index contributed by atoms with van der Waals surface area (Å²) in [6.07, 6.45) is 2.87. The van der Waals surface area contributed by atoms with Crippen LogP contribution in [0.5, 0.6) is 0 Å². The molecule has 1 amide bonds. The molecular weight excluding hydrogens is 386 g/mol. The lowest BCUT2D eigenvalue weighted by molar-refractivity contribution is -0.116. The summed E-state index contributed by atoms with van der Waals surface area (Å²) in [5.41, 5.74) is 2.19. The number of rotatable bonds is 7. The van der Waals surface area contributed by atoms with E-state index in [9.17, 15) is 13.2 Å². The van der Waals surface area contributed by atoms with Gasteiger partial charge < -0.3 is 10.2 Å². The van der Waals surface area contributed by atoms with Crippen LogP contribution in [0.3, 0.4) is 0 Å². The van der Waals surface area contributed by atoms with Crippen LogP contribution in [-0.4, -0.2) is 44.8 Å². The predicted octanol–water partition coefficient (Wildman–Crippen LogP) is 3.63. The van der Waals surface area contributed by atoms with Crippen molar-refractivity contribution >= 4 is 27.3 Å². The highest BCUT2D eigenvalue weighted by molar-refractivity contribution is 7.89. The van der Waals surface area contributed by atoms with Crippen molar-refractivity contribution in [2.75, 3.05) is 36.4 Å². The zero-order chi connectivity index (χ0) is 20.9. The summed E-state index contributed by atoms with van der Waals surface area (Å²) in [7, 11) is -3.52. The molecule has 0 saturated carbocycles. The highest BCUT2D eigenvalue weighted by atomic mass is 32.2. The van der Waals surface area contributed by atoms with E-state index in [-0.39, 0.29) is 12.5 Å². The van der Waals surface area contributed by atoms with Crippen LogP contribution in [0.25, 0.3) is 0 Å². The van der Waals surface area contributed by atoms with E-state index in [1.54, 1.807) is 28.3 Å². The minimum Gasteiger partial charge on any atom is -0.376 e. The van der Waals surface area contributed by atoms with Gasteiger partial charge in [0.05, 0.1) is 11.4 Å². The number of benzene rings is 2. The average Bonchev–Trinajstić information content (AvgIpc) is 2.75. The molecule has 0 unspecified atom stereocenters. The molecule has 0 aromatic heterocycles. The zero-order valence-electron chi connectivity index (χ0n) is 17.1. The van der Waals surface area contributed by atoms with Gasteiger partial charge in [0.2, 0.25) is 15.9 Å². The van der Waals surface area contributed by atoms with Crippen molar-refractivity contribution < 1.29 is 13.2 Å². The van der Waals surface area contributed by atoms with Gasteiger partial charge in [0.1, 0.15) is 0 Å². The van der Waals surface area contributed by atoms with Gasteiger partial charge in [-0.25, -0.2) is 8.42 Å². The van der Waals surface area contributed by atoms with Crippen LogP contribution in [0, 0.1) is 6.92 Å². The lowest BCUT2D eigenvalue weighted by atomic mass is 10.2. The van der Waals surface area contributed by atoms with Crippen LogP contribution in [-0.2, 0) is 14.8 Å². The predicted molar refractivity (Wildman–Crippen MR) is 117 cm³/mol. The number of carbonyl (C=O) groups excluding carboxylic acids is 1. The van der Waals surface area contributed by atoms with Crippen molar-refractivity contribution in [1.29, 1.82) is 0 Å². The van der Waals surface area contributed by atoms with E-state index in [2.05, 4.69) is 5.32 Å². The molecule has 0 bridgehead atoms. The van der Waals surface area contributed by atoms with E-state index in [1.165, 1.54) is 0 Å². The quantitative estimate of drug-likeness (QED) is 0.750. The number of nitrogens with zero attached hydrogens (tertiary/aromatic N) is 2. The van der Waals surface area contributed by atoms with Crippen LogP contribution in [0.1, 0.15) is 31.7 Å². The molecule has 1 N–H and O–H groups in total. The van der Waals surface area contributed by atoms with Crippen LogP contribution >= 0.6 is 0 Å². The molecular formula is C22H29N3O3S. The SMILES string of the molecule is CCN(C(=O)CNc1ccc(C)c(S(=O)(=O)N2CCCCC2)c1)c1ccccc1. The van der Waals surface area contributed by atoms with Crippen molar-refractivity contribution in [2.45, 2.75) is 38.0 Å². The summed E-state index contributed by atoms with van der Waals surface area (Å²) < 4.78 is 27.7. The van der Waals surface area contributed by atoms with Gasteiger partial charge in [-0.1, -0.05) is 30.7 Å². The molecule has 0 spiro atoms. The van der Waals surface area contributed by atoms with Gasteiger partial charge in [-0.05, 0) is 56.5 Å². The third-order valence-corrected chi connectivity index (χ3v) is 7.29. The second-order valence-electron chi connectivity index (χ2n) is 7.27. The maximum atomic E-state index is 13.1. The first-order valence-electron chi connectivity index (χ1n) is 10.1. The van der Waals surface area contributed by atoms with E-state index in [1.807, 2.05) is 43.3 Å².